The molecule has 0 unspecified atom stereocenters. The summed E-state index contributed by atoms with van der Waals surface area (Å²) >= 11 is 6.17. The Morgan fingerprint density at radius 2 is 2.12 bits per heavy atom. The molecule has 2 heterocycles. The SMILES string of the molecule is COC[C@H]1CCN(C)C2(C1)CN(C(=O)CCc1ccccc1Cl)C2. The highest BCUT2D eigenvalue weighted by molar-refractivity contribution is 6.31. The Hall–Kier alpha value is -1.10. The maximum Gasteiger partial charge on any atom is 0.223 e. The summed E-state index contributed by atoms with van der Waals surface area (Å²) in [6, 6.07) is 7.77. The molecule has 2 aliphatic rings. The van der Waals surface area contributed by atoms with Crippen LogP contribution in [0.25, 0.3) is 0 Å². The number of ether oxygens (including phenoxy) is 1. The van der Waals surface area contributed by atoms with E-state index in [2.05, 4.69) is 11.9 Å². The topological polar surface area (TPSA) is 32.8 Å². The highest BCUT2D eigenvalue weighted by Gasteiger charge is 2.50. The predicted molar refractivity (Wildman–Crippen MR) is 96.3 cm³/mol. The van der Waals surface area contributed by atoms with Gasteiger partial charge in [-0.3, -0.25) is 9.69 Å². The highest BCUT2D eigenvalue weighted by atomic mass is 35.5. The van der Waals surface area contributed by atoms with E-state index < -0.39 is 0 Å². The van der Waals surface area contributed by atoms with Gasteiger partial charge in [-0.05, 0) is 50.4 Å². The van der Waals surface area contributed by atoms with Gasteiger partial charge >= 0.3 is 0 Å². The predicted octanol–water partition coefficient (Wildman–Crippen LogP) is 2.84. The second-order valence-electron chi connectivity index (χ2n) is 7.30. The first kappa shape index (κ1) is 17.7. The maximum absolute atomic E-state index is 12.5. The average Bonchev–Trinajstić information content (AvgIpc) is 2.54. The molecule has 1 amide bonds. The monoisotopic (exact) mass is 350 g/mol. The third-order valence-electron chi connectivity index (χ3n) is 5.64. The van der Waals surface area contributed by atoms with Crippen molar-refractivity contribution in [3.8, 4) is 0 Å². The van der Waals surface area contributed by atoms with E-state index in [0.29, 0.717) is 18.8 Å². The summed E-state index contributed by atoms with van der Waals surface area (Å²) in [4.78, 5) is 16.9. The van der Waals surface area contributed by atoms with Gasteiger partial charge in [0, 0.05) is 38.2 Å². The highest BCUT2D eigenvalue weighted by Crippen LogP contribution is 2.38. The second kappa shape index (κ2) is 7.42. The molecule has 2 aliphatic heterocycles. The molecule has 1 spiro atoms. The summed E-state index contributed by atoms with van der Waals surface area (Å²) in [5.74, 6) is 0.856. The Bertz CT molecular complexity index is 586. The van der Waals surface area contributed by atoms with Crippen LogP contribution in [0.3, 0.4) is 0 Å². The molecule has 132 valence electrons. The number of likely N-dealkylation sites (N-methyl/N-ethyl adjacent to an activating group) is 1. The molecular weight excluding hydrogens is 324 g/mol. The molecule has 0 aliphatic carbocycles. The van der Waals surface area contributed by atoms with E-state index in [1.165, 1.54) is 6.42 Å². The molecule has 2 saturated heterocycles. The number of benzene rings is 1. The molecular formula is C19H27ClN2O2. The van der Waals surface area contributed by atoms with Gasteiger partial charge in [-0.2, -0.15) is 0 Å². The van der Waals surface area contributed by atoms with Crippen LogP contribution in [0.4, 0.5) is 0 Å². The van der Waals surface area contributed by atoms with Crippen molar-refractivity contribution >= 4 is 17.5 Å². The summed E-state index contributed by atoms with van der Waals surface area (Å²) in [6.07, 6.45) is 3.56. The average molecular weight is 351 g/mol. The van der Waals surface area contributed by atoms with E-state index in [-0.39, 0.29) is 11.4 Å². The number of aryl methyl sites for hydroxylation is 1. The first-order valence-electron chi connectivity index (χ1n) is 8.75. The lowest BCUT2D eigenvalue weighted by atomic mass is 9.75. The summed E-state index contributed by atoms with van der Waals surface area (Å²) in [6.45, 7) is 3.63. The Kier molecular flexibility index (Phi) is 5.48. The molecule has 2 fully saturated rings. The first-order chi connectivity index (χ1) is 11.5. The van der Waals surface area contributed by atoms with Crippen molar-refractivity contribution in [2.45, 2.75) is 31.2 Å². The lowest BCUT2D eigenvalue weighted by molar-refractivity contribution is -0.150. The number of piperidine rings is 1. The molecule has 1 atom stereocenters. The first-order valence-corrected chi connectivity index (χ1v) is 9.13. The van der Waals surface area contributed by atoms with Crippen LogP contribution in [-0.2, 0) is 16.0 Å². The van der Waals surface area contributed by atoms with Crippen LogP contribution in [0.2, 0.25) is 5.02 Å². The number of likely N-dealkylation sites (tertiary alicyclic amines) is 2. The molecule has 0 radical (unpaired) electrons. The molecule has 0 aromatic heterocycles. The summed E-state index contributed by atoms with van der Waals surface area (Å²) in [5, 5.41) is 0.750. The van der Waals surface area contributed by atoms with Crippen molar-refractivity contribution in [1.29, 1.82) is 0 Å². The van der Waals surface area contributed by atoms with E-state index in [9.17, 15) is 4.79 Å². The van der Waals surface area contributed by atoms with Crippen molar-refractivity contribution in [3.63, 3.8) is 0 Å². The van der Waals surface area contributed by atoms with Gasteiger partial charge < -0.3 is 9.64 Å². The van der Waals surface area contributed by atoms with Crippen LogP contribution in [0, 0.1) is 5.92 Å². The lowest BCUT2D eigenvalue weighted by Crippen LogP contribution is -2.72. The van der Waals surface area contributed by atoms with Crippen molar-refractivity contribution in [3.05, 3.63) is 34.9 Å². The molecule has 5 heteroatoms. The van der Waals surface area contributed by atoms with E-state index in [1.807, 2.05) is 29.2 Å². The quantitative estimate of drug-likeness (QED) is 0.818. The van der Waals surface area contributed by atoms with Gasteiger partial charge in [-0.15, -0.1) is 0 Å². The lowest BCUT2D eigenvalue weighted by Gasteiger charge is -2.58. The zero-order valence-corrected chi connectivity index (χ0v) is 15.4. The van der Waals surface area contributed by atoms with Crippen LogP contribution in [0.15, 0.2) is 24.3 Å². The maximum atomic E-state index is 12.5. The summed E-state index contributed by atoms with van der Waals surface area (Å²) in [7, 11) is 3.96. The zero-order chi connectivity index (χ0) is 17.2. The van der Waals surface area contributed by atoms with Crippen molar-refractivity contribution in [1.82, 2.24) is 9.80 Å². The molecule has 1 aromatic rings. The minimum Gasteiger partial charge on any atom is -0.384 e. The number of rotatable bonds is 5. The van der Waals surface area contributed by atoms with Crippen LogP contribution in [0.5, 0.6) is 0 Å². The Balaban J connectivity index is 1.51. The van der Waals surface area contributed by atoms with E-state index >= 15 is 0 Å². The van der Waals surface area contributed by atoms with Crippen molar-refractivity contribution in [2.24, 2.45) is 5.92 Å². The fraction of sp³-hybridized carbons (Fsp3) is 0.632. The standard InChI is InChI=1S/C19H27ClN2O2/c1-21-10-9-15(12-24-2)11-19(21)13-22(14-19)18(23)8-7-16-5-3-4-6-17(16)20/h3-6,15H,7-14H2,1-2H3/t15-/m0/s1. The molecule has 0 saturated carbocycles. The number of nitrogens with zero attached hydrogens (tertiary/aromatic N) is 2. The molecule has 1 aromatic carbocycles. The number of carbonyl (C=O) groups excluding carboxylic acids is 1. The third kappa shape index (κ3) is 3.61. The molecule has 4 nitrogen and oxygen atoms in total. The van der Waals surface area contributed by atoms with Gasteiger partial charge in [0.05, 0.1) is 5.54 Å². The number of methoxy groups -OCH3 is 1. The van der Waals surface area contributed by atoms with Gasteiger partial charge in [-0.1, -0.05) is 29.8 Å². The Morgan fingerprint density at radius 1 is 1.38 bits per heavy atom. The minimum atomic E-state index is 0.168. The van der Waals surface area contributed by atoms with E-state index in [4.69, 9.17) is 16.3 Å². The van der Waals surface area contributed by atoms with Gasteiger partial charge in [0.2, 0.25) is 5.91 Å². The van der Waals surface area contributed by atoms with Crippen LogP contribution in [0.1, 0.15) is 24.8 Å². The van der Waals surface area contributed by atoms with Crippen molar-refractivity contribution in [2.75, 3.05) is 40.4 Å². The van der Waals surface area contributed by atoms with Crippen LogP contribution in [-0.4, -0.2) is 61.6 Å². The van der Waals surface area contributed by atoms with Gasteiger partial charge in [0.25, 0.3) is 0 Å². The Labute approximate surface area is 149 Å². The largest absolute Gasteiger partial charge is 0.384 e. The fourth-order valence-corrected chi connectivity index (χ4v) is 4.33. The van der Waals surface area contributed by atoms with Crippen molar-refractivity contribution < 1.29 is 9.53 Å². The molecule has 3 rings (SSSR count). The molecule has 0 bridgehead atoms. The zero-order valence-electron chi connectivity index (χ0n) is 14.6. The van der Waals surface area contributed by atoms with Gasteiger partial charge in [-0.25, -0.2) is 0 Å². The number of hydrogen-bond acceptors (Lipinski definition) is 3. The third-order valence-corrected chi connectivity index (χ3v) is 6.01. The number of hydrogen-bond donors (Lipinski definition) is 0. The van der Waals surface area contributed by atoms with Crippen LogP contribution < -0.4 is 0 Å². The number of amides is 1. The normalized spacial score (nSPS) is 23.3. The second-order valence-corrected chi connectivity index (χ2v) is 7.71. The van der Waals surface area contributed by atoms with Crippen LogP contribution >= 0.6 is 11.6 Å². The summed E-state index contributed by atoms with van der Waals surface area (Å²) in [5.41, 5.74) is 1.22. The van der Waals surface area contributed by atoms with Gasteiger partial charge in [0.15, 0.2) is 0 Å². The summed E-state index contributed by atoms with van der Waals surface area (Å²) < 4.78 is 5.34. The van der Waals surface area contributed by atoms with E-state index in [0.717, 1.165) is 43.2 Å². The number of carbonyl (C=O) groups is 1. The Morgan fingerprint density at radius 3 is 2.83 bits per heavy atom. The fourth-order valence-electron chi connectivity index (χ4n) is 4.10. The van der Waals surface area contributed by atoms with Gasteiger partial charge in [0.1, 0.15) is 0 Å². The smallest absolute Gasteiger partial charge is 0.223 e. The molecule has 0 N–H and O–H groups in total. The minimum absolute atomic E-state index is 0.168. The molecule has 24 heavy (non-hydrogen) atoms. The van der Waals surface area contributed by atoms with E-state index in [1.54, 1.807) is 7.11 Å². The number of halogens is 1.